The van der Waals surface area contributed by atoms with Gasteiger partial charge in [0, 0.05) is 37.0 Å². The molecule has 0 aliphatic rings. The summed E-state index contributed by atoms with van der Waals surface area (Å²) in [6.45, 7) is 8.07. The van der Waals surface area contributed by atoms with Crippen molar-refractivity contribution >= 4 is 5.91 Å². The van der Waals surface area contributed by atoms with E-state index in [2.05, 4.69) is 10.4 Å². The summed E-state index contributed by atoms with van der Waals surface area (Å²) < 4.78 is 21.3. The van der Waals surface area contributed by atoms with E-state index in [0.717, 1.165) is 12.2 Å². The molecule has 6 nitrogen and oxygen atoms in total. The number of methoxy groups -OCH3 is 1. The van der Waals surface area contributed by atoms with Crippen LogP contribution in [-0.4, -0.2) is 42.5 Å². The van der Waals surface area contributed by atoms with Crippen molar-refractivity contribution in [1.29, 1.82) is 0 Å². The van der Waals surface area contributed by atoms with E-state index in [4.69, 9.17) is 10.5 Å². The molecule has 1 atom stereocenters. The molecule has 0 saturated heterocycles. The van der Waals surface area contributed by atoms with Crippen molar-refractivity contribution in [3.63, 3.8) is 0 Å². The number of aryl methyl sites for hydroxylation is 1. The van der Waals surface area contributed by atoms with E-state index in [0.29, 0.717) is 31.0 Å². The summed E-state index contributed by atoms with van der Waals surface area (Å²) in [5.74, 6) is -1.06. The molecule has 2 aromatic rings. The zero-order valence-corrected chi connectivity index (χ0v) is 15.8. The van der Waals surface area contributed by atoms with Gasteiger partial charge in [0.1, 0.15) is 11.2 Å². The van der Waals surface area contributed by atoms with Gasteiger partial charge in [-0.1, -0.05) is 18.2 Å². The van der Waals surface area contributed by atoms with Crippen LogP contribution < -0.4 is 11.1 Å². The number of primary amides is 1. The molecular formula is C19H27FN4O2. The Kier molecular flexibility index (Phi) is 6.50. The smallest absolute Gasteiger partial charge is 0.232 e. The lowest BCUT2D eigenvalue weighted by Crippen LogP contribution is -2.41. The van der Waals surface area contributed by atoms with Gasteiger partial charge < -0.3 is 15.8 Å². The first-order valence-corrected chi connectivity index (χ1v) is 8.63. The maximum Gasteiger partial charge on any atom is 0.232 e. The first-order valence-electron chi connectivity index (χ1n) is 8.63. The number of carbonyl (C=O) groups is 1. The summed E-state index contributed by atoms with van der Waals surface area (Å²) >= 11 is 0. The minimum absolute atomic E-state index is 0.261. The highest BCUT2D eigenvalue weighted by atomic mass is 19.1. The summed E-state index contributed by atoms with van der Waals surface area (Å²) in [5, 5.41) is 7.80. The molecule has 0 radical (unpaired) electrons. The monoisotopic (exact) mass is 362 g/mol. The third kappa shape index (κ3) is 3.78. The molecule has 1 unspecified atom stereocenters. The van der Waals surface area contributed by atoms with Crippen molar-refractivity contribution in [3.8, 4) is 0 Å². The summed E-state index contributed by atoms with van der Waals surface area (Å²) in [4.78, 5) is 12.4. The molecule has 0 bridgehead atoms. The Morgan fingerprint density at radius 3 is 2.65 bits per heavy atom. The average Bonchev–Trinajstić information content (AvgIpc) is 2.88. The van der Waals surface area contributed by atoms with Crippen LogP contribution in [0, 0.1) is 19.7 Å². The maximum atomic E-state index is 14.5. The van der Waals surface area contributed by atoms with Crippen LogP contribution in [0.3, 0.4) is 0 Å². The van der Waals surface area contributed by atoms with Crippen LogP contribution in [0.2, 0.25) is 0 Å². The van der Waals surface area contributed by atoms with Crippen molar-refractivity contribution in [3.05, 3.63) is 52.6 Å². The quantitative estimate of drug-likeness (QED) is 0.665. The zero-order valence-electron chi connectivity index (χ0n) is 15.8. The number of nitrogens with zero attached hydrogens (tertiary/aromatic N) is 2. The predicted molar refractivity (Wildman–Crippen MR) is 98.5 cm³/mol. The second-order valence-electron chi connectivity index (χ2n) is 6.48. The number of nitrogens with two attached hydrogens (primary N) is 1. The molecular weight excluding hydrogens is 335 g/mol. The lowest BCUT2D eigenvalue weighted by atomic mass is 9.74. The van der Waals surface area contributed by atoms with E-state index in [1.54, 1.807) is 32.2 Å². The summed E-state index contributed by atoms with van der Waals surface area (Å²) in [5.41, 5.74) is 6.84. The van der Waals surface area contributed by atoms with Gasteiger partial charge in [0.05, 0.1) is 18.8 Å². The van der Waals surface area contributed by atoms with Crippen molar-refractivity contribution in [1.82, 2.24) is 15.1 Å². The fourth-order valence-corrected chi connectivity index (χ4v) is 3.38. The van der Waals surface area contributed by atoms with Crippen molar-refractivity contribution in [2.75, 3.05) is 26.8 Å². The zero-order chi connectivity index (χ0) is 19.3. The molecule has 0 spiro atoms. The largest absolute Gasteiger partial charge is 0.383 e. The Morgan fingerprint density at radius 2 is 2.04 bits per heavy atom. The molecule has 3 N–H and O–H groups in total. The van der Waals surface area contributed by atoms with Gasteiger partial charge in [-0.3, -0.25) is 9.48 Å². The Morgan fingerprint density at radius 1 is 1.35 bits per heavy atom. The second kappa shape index (κ2) is 8.42. The second-order valence-corrected chi connectivity index (χ2v) is 6.48. The van der Waals surface area contributed by atoms with Crippen molar-refractivity contribution < 1.29 is 13.9 Å². The molecule has 2 rings (SSSR count). The molecule has 26 heavy (non-hydrogen) atoms. The molecule has 1 amide bonds. The first kappa shape index (κ1) is 20.1. The van der Waals surface area contributed by atoms with E-state index in [1.165, 1.54) is 6.07 Å². The molecule has 7 heteroatoms. The number of amides is 1. The fraction of sp³-hybridized carbons (Fsp3) is 0.474. The number of hydrogen-bond donors (Lipinski definition) is 2. The highest BCUT2D eigenvalue weighted by molar-refractivity contribution is 5.91. The molecule has 142 valence electrons. The topological polar surface area (TPSA) is 82.2 Å². The van der Waals surface area contributed by atoms with Crippen LogP contribution in [0.4, 0.5) is 4.39 Å². The summed E-state index contributed by atoms with van der Waals surface area (Å²) in [7, 11) is 1.66. The number of halogens is 1. The number of rotatable bonds is 9. The Hall–Kier alpha value is -2.25. The van der Waals surface area contributed by atoms with Crippen molar-refractivity contribution in [2.24, 2.45) is 5.73 Å². The number of aromatic nitrogens is 2. The Balaban J connectivity index is 2.39. The van der Waals surface area contributed by atoms with Crippen LogP contribution in [-0.2, 0) is 21.5 Å². The number of ether oxygens (including phenoxy) is 1. The number of nitrogens with one attached hydrogen (secondary N) is 1. The SMILES string of the molecule is COCCNCCn1nc(C)c(C(C)(C(N)=O)c2ccccc2F)c1C. The highest BCUT2D eigenvalue weighted by Crippen LogP contribution is 2.37. The lowest BCUT2D eigenvalue weighted by Gasteiger charge is -2.28. The van der Waals surface area contributed by atoms with Gasteiger partial charge in [0.2, 0.25) is 5.91 Å². The molecule has 1 aromatic heterocycles. The van der Waals surface area contributed by atoms with Crippen LogP contribution in [0.25, 0.3) is 0 Å². The third-order valence-corrected chi connectivity index (χ3v) is 4.77. The predicted octanol–water partition coefficient (Wildman–Crippen LogP) is 1.67. The molecule has 1 aromatic carbocycles. The minimum Gasteiger partial charge on any atom is -0.383 e. The number of hydrogen-bond acceptors (Lipinski definition) is 4. The number of benzene rings is 1. The van der Waals surface area contributed by atoms with Gasteiger partial charge in [0.15, 0.2) is 0 Å². The molecule has 0 fully saturated rings. The first-order chi connectivity index (χ1) is 12.3. The van der Waals surface area contributed by atoms with E-state index in [9.17, 15) is 9.18 Å². The van der Waals surface area contributed by atoms with Crippen LogP contribution in [0.1, 0.15) is 29.4 Å². The van der Waals surface area contributed by atoms with E-state index >= 15 is 0 Å². The van der Waals surface area contributed by atoms with E-state index in [-0.39, 0.29) is 5.56 Å². The Bertz CT molecular complexity index is 775. The van der Waals surface area contributed by atoms with E-state index in [1.807, 2.05) is 18.5 Å². The van der Waals surface area contributed by atoms with Gasteiger partial charge >= 0.3 is 0 Å². The number of carbonyl (C=O) groups excluding carboxylic acids is 1. The third-order valence-electron chi connectivity index (χ3n) is 4.77. The summed E-state index contributed by atoms with van der Waals surface area (Å²) in [6.07, 6.45) is 0. The van der Waals surface area contributed by atoms with E-state index < -0.39 is 17.1 Å². The van der Waals surface area contributed by atoms with Gasteiger partial charge in [-0.25, -0.2) is 4.39 Å². The minimum atomic E-state index is -1.29. The summed E-state index contributed by atoms with van der Waals surface area (Å²) in [6, 6.07) is 6.23. The molecule has 0 saturated carbocycles. The highest BCUT2D eigenvalue weighted by Gasteiger charge is 2.41. The normalized spacial score (nSPS) is 13.6. The Labute approximate surface area is 153 Å². The standard InChI is InChI=1S/C19H27FN4O2/c1-13-17(14(2)24(23-13)11-9-22-10-12-26-4)19(3,18(21)25)15-7-5-6-8-16(15)20/h5-8,22H,9-12H2,1-4H3,(H2,21,25). The molecule has 0 aliphatic carbocycles. The van der Waals surface area contributed by atoms with Crippen LogP contribution in [0.15, 0.2) is 24.3 Å². The lowest BCUT2D eigenvalue weighted by molar-refractivity contribution is -0.121. The average molecular weight is 362 g/mol. The van der Waals surface area contributed by atoms with Gasteiger partial charge in [-0.05, 0) is 26.8 Å². The fourth-order valence-electron chi connectivity index (χ4n) is 3.38. The maximum absolute atomic E-state index is 14.5. The van der Waals surface area contributed by atoms with Crippen LogP contribution in [0.5, 0.6) is 0 Å². The van der Waals surface area contributed by atoms with Crippen LogP contribution >= 0.6 is 0 Å². The molecule has 0 aliphatic heterocycles. The molecule has 1 heterocycles. The van der Waals surface area contributed by atoms with Crippen molar-refractivity contribution in [2.45, 2.75) is 32.7 Å². The van der Waals surface area contributed by atoms with Gasteiger partial charge in [-0.2, -0.15) is 5.10 Å². The van der Waals surface area contributed by atoms with Gasteiger partial charge in [0.25, 0.3) is 0 Å². The van der Waals surface area contributed by atoms with Gasteiger partial charge in [-0.15, -0.1) is 0 Å².